The summed E-state index contributed by atoms with van der Waals surface area (Å²) in [6.07, 6.45) is 0.898. The van der Waals surface area contributed by atoms with Gasteiger partial charge in [-0.1, -0.05) is 30.0 Å². The number of carbonyl (C=O) groups excluding carboxylic acids is 1. The number of nitrogens with one attached hydrogen (secondary N) is 1. The summed E-state index contributed by atoms with van der Waals surface area (Å²) in [5.41, 5.74) is 4.49. The molecule has 0 spiro atoms. The van der Waals surface area contributed by atoms with Gasteiger partial charge in [0.05, 0.1) is 12.9 Å². The maximum atomic E-state index is 12.7. The molecule has 1 aliphatic rings. The Kier molecular flexibility index (Phi) is 4.12. The molecule has 0 radical (unpaired) electrons. The van der Waals surface area contributed by atoms with Crippen LogP contribution < -0.4 is 9.64 Å². The number of fused-ring (bicyclic) bond motifs is 4. The van der Waals surface area contributed by atoms with E-state index in [1.165, 1.54) is 17.3 Å². The van der Waals surface area contributed by atoms with Crippen molar-refractivity contribution >= 4 is 45.4 Å². The van der Waals surface area contributed by atoms with E-state index >= 15 is 0 Å². The molecule has 140 valence electrons. The van der Waals surface area contributed by atoms with Crippen molar-refractivity contribution in [2.75, 3.05) is 24.3 Å². The molecule has 4 aromatic rings. The molecule has 0 fully saturated rings. The van der Waals surface area contributed by atoms with Crippen molar-refractivity contribution in [2.24, 2.45) is 0 Å². The molecule has 1 amide bonds. The van der Waals surface area contributed by atoms with Crippen LogP contribution in [0.4, 0.5) is 5.69 Å². The van der Waals surface area contributed by atoms with Crippen LogP contribution in [-0.4, -0.2) is 45.5 Å². The SMILES string of the molecule is COc1ccc2[nH]c3nc(SCC(=O)N4CCc5ccccc54)nnc3c2c1. The first-order valence-electron chi connectivity index (χ1n) is 8.94. The van der Waals surface area contributed by atoms with E-state index in [-0.39, 0.29) is 11.7 Å². The van der Waals surface area contributed by atoms with Gasteiger partial charge in [-0.25, -0.2) is 4.98 Å². The number of hydrogen-bond acceptors (Lipinski definition) is 6. The Morgan fingerprint density at radius 2 is 2.14 bits per heavy atom. The number of aromatic amines is 1. The van der Waals surface area contributed by atoms with Crippen molar-refractivity contribution in [3.63, 3.8) is 0 Å². The standard InChI is InChI=1S/C20H17N5O2S/c1-27-13-6-7-15-14(10-13)18-19(21-15)22-20(24-23-18)28-11-17(26)25-9-8-12-4-2-3-5-16(12)25/h2-7,10H,8-9,11H2,1H3,(H,21,22,24). The van der Waals surface area contributed by atoms with Gasteiger partial charge in [0.2, 0.25) is 11.1 Å². The van der Waals surface area contributed by atoms with Crippen LogP contribution in [0.2, 0.25) is 0 Å². The zero-order chi connectivity index (χ0) is 19.1. The highest BCUT2D eigenvalue weighted by molar-refractivity contribution is 7.99. The molecule has 0 unspecified atom stereocenters. The second-order valence-electron chi connectivity index (χ2n) is 6.54. The molecule has 8 heteroatoms. The van der Waals surface area contributed by atoms with Gasteiger partial charge in [0, 0.05) is 23.1 Å². The molecule has 0 aliphatic carbocycles. The number of para-hydroxylation sites is 1. The molecule has 1 N–H and O–H groups in total. The molecule has 2 aromatic heterocycles. The number of thioether (sulfide) groups is 1. The summed E-state index contributed by atoms with van der Waals surface area (Å²) < 4.78 is 5.27. The molecule has 2 aromatic carbocycles. The molecule has 0 saturated heterocycles. The van der Waals surface area contributed by atoms with E-state index < -0.39 is 0 Å². The first kappa shape index (κ1) is 17.0. The molecule has 0 atom stereocenters. The van der Waals surface area contributed by atoms with Gasteiger partial charge < -0.3 is 14.6 Å². The summed E-state index contributed by atoms with van der Waals surface area (Å²) in [6.45, 7) is 0.723. The largest absolute Gasteiger partial charge is 0.497 e. The third kappa shape index (κ3) is 2.86. The summed E-state index contributed by atoms with van der Waals surface area (Å²) >= 11 is 1.30. The van der Waals surface area contributed by atoms with Gasteiger partial charge in [0.1, 0.15) is 11.3 Å². The molecule has 7 nitrogen and oxygen atoms in total. The minimum atomic E-state index is 0.0556. The molecule has 0 saturated carbocycles. The summed E-state index contributed by atoms with van der Waals surface area (Å²) in [4.78, 5) is 22.3. The van der Waals surface area contributed by atoms with E-state index in [0.29, 0.717) is 16.3 Å². The van der Waals surface area contributed by atoms with E-state index in [2.05, 4.69) is 26.2 Å². The predicted octanol–water partition coefficient (Wildman–Crippen LogP) is 3.20. The fourth-order valence-corrected chi connectivity index (χ4v) is 4.19. The number of aromatic nitrogens is 4. The highest BCUT2D eigenvalue weighted by Crippen LogP contribution is 2.29. The highest BCUT2D eigenvalue weighted by atomic mass is 32.2. The lowest BCUT2D eigenvalue weighted by Gasteiger charge is -2.16. The number of benzene rings is 2. The quantitative estimate of drug-likeness (QED) is 0.538. The van der Waals surface area contributed by atoms with Crippen molar-refractivity contribution < 1.29 is 9.53 Å². The highest BCUT2D eigenvalue weighted by Gasteiger charge is 2.24. The van der Waals surface area contributed by atoms with Crippen molar-refractivity contribution in [1.82, 2.24) is 20.2 Å². The maximum Gasteiger partial charge on any atom is 0.237 e. The number of methoxy groups -OCH3 is 1. The smallest absolute Gasteiger partial charge is 0.237 e. The van der Waals surface area contributed by atoms with E-state index in [1.807, 2.05) is 41.3 Å². The lowest BCUT2D eigenvalue weighted by molar-refractivity contribution is -0.116. The fraction of sp³-hybridized carbons (Fsp3) is 0.200. The Morgan fingerprint density at radius 3 is 3.04 bits per heavy atom. The number of ether oxygens (including phenoxy) is 1. The topological polar surface area (TPSA) is 84.0 Å². The van der Waals surface area contributed by atoms with Gasteiger partial charge in [-0.15, -0.1) is 10.2 Å². The maximum absolute atomic E-state index is 12.7. The number of anilines is 1. The van der Waals surface area contributed by atoms with E-state index in [1.54, 1.807) is 7.11 Å². The van der Waals surface area contributed by atoms with Crippen LogP contribution >= 0.6 is 11.8 Å². The number of hydrogen-bond donors (Lipinski definition) is 1. The van der Waals surface area contributed by atoms with Crippen LogP contribution in [0.1, 0.15) is 5.56 Å². The molecule has 1 aliphatic heterocycles. The molecule has 3 heterocycles. The van der Waals surface area contributed by atoms with Crippen LogP contribution in [0, 0.1) is 0 Å². The zero-order valence-corrected chi connectivity index (χ0v) is 16.0. The molecule has 0 bridgehead atoms. The van der Waals surface area contributed by atoms with Crippen molar-refractivity contribution in [2.45, 2.75) is 11.6 Å². The summed E-state index contributed by atoms with van der Waals surface area (Å²) in [5.74, 6) is 1.08. The summed E-state index contributed by atoms with van der Waals surface area (Å²) in [7, 11) is 1.63. The van der Waals surface area contributed by atoms with Crippen molar-refractivity contribution in [3.05, 3.63) is 48.0 Å². The van der Waals surface area contributed by atoms with Gasteiger partial charge in [0.15, 0.2) is 5.65 Å². The Bertz CT molecular complexity index is 1210. The third-order valence-corrected chi connectivity index (χ3v) is 5.74. The average molecular weight is 391 g/mol. The molecule has 28 heavy (non-hydrogen) atoms. The third-order valence-electron chi connectivity index (χ3n) is 4.92. The number of amides is 1. The lowest BCUT2D eigenvalue weighted by atomic mass is 10.2. The molecular formula is C20H17N5O2S. The number of H-pyrrole nitrogens is 1. The van der Waals surface area contributed by atoms with E-state index in [0.717, 1.165) is 35.3 Å². The van der Waals surface area contributed by atoms with Gasteiger partial charge >= 0.3 is 0 Å². The normalized spacial score (nSPS) is 13.2. The van der Waals surface area contributed by atoms with Gasteiger partial charge in [-0.3, -0.25) is 4.79 Å². The minimum Gasteiger partial charge on any atom is -0.497 e. The second kappa shape index (κ2) is 6.79. The zero-order valence-electron chi connectivity index (χ0n) is 15.2. The fourth-order valence-electron chi connectivity index (χ4n) is 3.53. The average Bonchev–Trinajstić information content (AvgIpc) is 3.32. The van der Waals surface area contributed by atoms with Crippen LogP contribution in [0.25, 0.3) is 22.1 Å². The Hall–Kier alpha value is -3.13. The second-order valence-corrected chi connectivity index (χ2v) is 7.48. The molecule has 5 rings (SSSR count). The summed E-state index contributed by atoms with van der Waals surface area (Å²) in [6, 6.07) is 13.8. The van der Waals surface area contributed by atoms with Gasteiger partial charge in [-0.2, -0.15) is 0 Å². The van der Waals surface area contributed by atoms with E-state index in [4.69, 9.17) is 4.74 Å². The van der Waals surface area contributed by atoms with Gasteiger partial charge in [-0.05, 0) is 36.2 Å². The number of carbonyl (C=O) groups is 1. The van der Waals surface area contributed by atoms with Crippen molar-refractivity contribution in [1.29, 1.82) is 0 Å². The van der Waals surface area contributed by atoms with Crippen LogP contribution in [-0.2, 0) is 11.2 Å². The molecular weight excluding hydrogens is 374 g/mol. The Morgan fingerprint density at radius 1 is 1.25 bits per heavy atom. The van der Waals surface area contributed by atoms with E-state index in [9.17, 15) is 4.79 Å². The van der Waals surface area contributed by atoms with Crippen molar-refractivity contribution in [3.8, 4) is 5.75 Å². The Labute approximate surface area is 165 Å². The van der Waals surface area contributed by atoms with Crippen LogP contribution in [0.15, 0.2) is 47.6 Å². The monoisotopic (exact) mass is 391 g/mol. The number of nitrogens with zero attached hydrogens (tertiary/aromatic N) is 4. The Balaban J connectivity index is 1.36. The number of rotatable bonds is 4. The summed E-state index contributed by atoms with van der Waals surface area (Å²) in [5, 5.41) is 9.90. The predicted molar refractivity (Wildman–Crippen MR) is 109 cm³/mol. The van der Waals surface area contributed by atoms with Crippen LogP contribution in [0.3, 0.4) is 0 Å². The van der Waals surface area contributed by atoms with Crippen LogP contribution in [0.5, 0.6) is 5.75 Å². The minimum absolute atomic E-state index is 0.0556. The van der Waals surface area contributed by atoms with Gasteiger partial charge in [0.25, 0.3) is 0 Å². The lowest BCUT2D eigenvalue weighted by Crippen LogP contribution is -2.30. The first-order valence-corrected chi connectivity index (χ1v) is 9.93. The first-order chi connectivity index (χ1) is 13.7.